The van der Waals surface area contributed by atoms with Crippen LogP contribution in [0.15, 0.2) is 28.8 Å². The van der Waals surface area contributed by atoms with E-state index in [9.17, 15) is 4.79 Å². The Hall–Kier alpha value is -2.70. The molecule has 0 aromatic carbocycles. The Bertz CT molecular complexity index is 963. The molecule has 0 spiro atoms. The van der Waals surface area contributed by atoms with Crippen molar-refractivity contribution in [1.29, 1.82) is 0 Å². The molecule has 0 unspecified atom stereocenters. The SMILES string of the molecule is Cc1nc2ccccn2c1C(=O)N1CCC(c2nnc(C3CC3)o2)CC1. The molecule has 4 heterocycles. The molecule has 26 heavy (non-hydrogen) atoms. The third-order valence-electron chi connectivity index (χ3n) is 5.42. The summed E-state index contributed by atoms with van der Waals surface area (Å²) >= 11 is 0. The number of aryl methyl sites for hydroxylation is 1. The number of nitrogens with zero attached hydrogens (tertiary/aromatic N) is 5. The van der Waals surface area contributed by atoms with Crippen molar-refractivity contribution < 1.29 is 9.21 Å². The van der Waals surface area contributed by atoms with E-state index in [2.05, 4.69) is 15.2 Å². The van der Waals surface area contributed by atoms with E-state index in [0.717, 1.165) is 48.8 Å². The van der Waals surface area contributed by atoms with Crippen molar-refractivity contribution in [2.24, 2.45) is 0 Å². The molecule has 0 radical (unpaired) electrons. The molecule has 0 atom stereocenters. The second-order valence-corrected chi connectivity index (χ2v) is 7.29. The molecular weight excluding hydrogens is 330 g/mol. The first-order chi connectivity index (χ1) is 12.7. The van der Waals surface area contributed by atoms with Crippen LogP contribution in [0.1, 0.15) is 65.5 Å². The predicted octanol–water partition coefficient (Wildman–Crippen LogP) is 2.92. The summed E-state index contributed by atoms with van der Waals surface area (Å²) < 4.78 is 7.73. The fourth-order valence-electron chi connectivity index (χ4n) is 3.76. The van der Waals surface area contributed by atoms with E-state index in [0.29, 0.717) is 24.7 Å². The average molecular weight is 351 g/mol. The first kappa shape index (κ1) is 15.5. The predicted molar refractivity (Wildman–Crippen MR) is 94.1 cm³/mol. The maximum absolute atomic E-state index is 13.1. The summed E-state index contributed by atoms with van der Waals surface area (Å²) in [7, 11) is 0. The first-order valence-electron chi connectivity index (χ1n) is 9.27. The summed E-state index contributed by atoms with van der Waals surface area (Å²) in [6.07, 6.45) is 5.93. The lowest BCUT2D eigenvalue weighted by Crippen LogP contribution is -2.38. The van der Waals surface area contributed by atoms with Crippen molar-refractivity contribution in [3.05, 3.63) is 47.6 Å². The van der Waals surface area contributed by atoms with Crippen LogP contribution in [0.3, 0.4) is 0 Å². The fraction of sp³-hybridized carbons (Fsp3) is 0.474. The summed E-state index contributed by atoms with van der Waals surface area (Å²) in [6.45, 7) is 3.29. The lowest BCUT2D eigenvalue weighted by Gasteiger charge is -2.30. The Morgan fingerprint density at radius 2 is 1.77 bits per heavy atom. The Morgan fingerprint density at radius 3 is 2.46 bits per heavy atom. The lowest BCUT2D eigenvalue weighted by atomic mass is 9.96. The van der Waals surface area contributed by atoms with E-state index >= 15 is 0 Å². The number of hydrogen-bond acceptors (Lipinski definition) is 5. The Labute approximate surface area is 151 Å². The highest BCUT2D eigenvalue weighted by Crippen LogP contribution is 2.40. The number of rotatable bonds is 3. The third kappa shape index (κ3) is 2.58. The van der Waals surface area contributed by atoms with Crippen LogP contribution < -0.4 is 0 Å². The highest BCUT2D eigenvalue weighted by Gasteiger charge is 2.33. The van der Waals surface area contributed by atoms with E-state index in [-0.39, 0.29) is 11.8 Å². The molecule has 1 saturated heterocycles. The molecule has 1 saturated carbocycles. The Morgan fingerprint density at radius 1 is 1.08 bits per heavy atom. The van der Waals surface area contributed by atoms with E-state index < -0.39 is 0 Å². The molecule has 1 amide bonds. The van der Waals surface area contributed by atoms with Crippen molar-refractivity contribution in [1.82, 2.24) is 24.5 Å². The van der Waals surface area contributed by atoms with Crippen molar-refractivity contribution in [3.63, 3.8) is 0 Å². The van der Waals surface area contributed by atoms with Gasteiger partial charge in [0.25, 0.3) is 5.91 Å². The summed E-state index contributed by atoms with van der Waals surface area (Å²) in [5.41, 5.74) is 2.24. The van der Waals surface area contributed by atoms with Crippen LogP contribution in [-0.2, 0) is 0 Å². The number of imidazole rings is 1. The Kier molecular flexibility index (Phi) is 3.55. The molecule has 3 aromatic rings. The number of likely N-dealkylation sites (tertiary alicyclic amines) is 1. The molecule has 2 aliphatic rings. The van der Waals surface area contributed by atoms with Crippen molar-refractivity contribution in [3.8, 4) is 0 Å². The minimum absolute atomic E-state index is 0.0452. The largest absolute Gasteiger partial charge is 0.425 e. The lowest BCUT2D eigenvalue weighted by molar-refractivity contribution is 0.0698. The van der Waals surface area contributed by atoms with Gasteiger partial charge in [-0.25, -0.2) is 4.98 Å². The van der Waals surface area contributed by atoms with Gasteiger partial charge < -0.3 is 9.32 Å². The smallest absolute Gasteiger partial charge is 0.272 e. The first-order valence-corrected chi connectivity index (χ1v) is 9.27. The zero-order valence-electron chi connectivity index (χ0n) is 14.8. The third-order valence-corrected chi connectivity index (χ3v) is 5.42. The number of hydrogen-bond donors (Lipinski definition) is 0. The molecule has 2 fully saturated rings. The molecular formula is C19H21N5O2. The second-order valence-electron chi connectivity index (χ2n) is 7.29. The van der Waals surface area contributed by atoms with Gasteiger partial charge in [0, 0.05) is 31.1 Å². The maximum Gasteiger partial charge on any atom is 0.272 e. The van der Waals surface area contributed by atoms with Crippen molar-refractivity contribution in [2.75, 3.05) is 13.1 Å². The van der Waals surface area contributed by atoms with Crippen LogP contribution in [0.2, 0.25) is 0 Å². The normalized spacial score (nSPS) is 18.6. The number of carbonyl (C=O) groups excluding carboxylic acids is 1. The minimum atomic E-state index is 0.0452. The molecule has 7 heteroatoms. The van der Waals surface area contributed by atoms with E-state index in [1.807, 2.05) is 40.6 Å². The monoisotopic (exact) mass is 351 g/mol. The van der Waals surface area contributed by atoms with Crippen LogP contribution in [0.25, 0.3) is 5.65 Å². The van der Waals surface area contributed by atoms with E-state index in [4.69, 9.17) is 4.42 Å². The highest BCUT2D eigenvalue weighted by atomic mass is 16.4. The number of fused-ring (bicyclic) bond motifs is 1. The van der Waals surface area contributed by atoms with Gasteiger partial charge in [0.15, 0.2) is 0 Å². The van der Waals surface area contributed by atoms with Gasteiger partial charge in [0.05, 0.1) is 5.69 Å². The van der Waals surface area contributed by atoms with E-state index in [1.54, 1.807) is 0 Å². The van der Waals surface area contributed by atoms with Gasteiger partial charge in [0.1, 0.15) is 11.3 Å². The minimum Gasteiger partial charge on any atom is -0.425 e. The number of pyridine rings is 1. The standard InChI is InChI=1S/C19H21N5O2/c1-12-16(24-9-3-2-4-15(24)20-12)19(25)23-10-7-14(8-11-23)18-22-21-17(26-18)13-5-6-13/h2-4,9,13-14H,5-8,10-11H2,1H3. The van der Waals surface area contributed by atoms with Gasteiger partial charge in [0.2, 0.25) is 11.8 Å². The number of aromatic nitrogens is 4. The summed E-state index contributed by atoms with van der Waals surface area (Å²) in [6, 6.07) is 5.77. The molecule has 1 aliphatic heterocycles. The molecule has 1 aliphatic carbocycles. The topological polar surface area (TPSA) is 76.5 Å². The van der Waals surface area contributed by atoms with Gasteiger partial charge in [-0.1, -0.05) is 6.07 Å². The van der Waals surface area contributed by atoms with Crippen molar-refractivity contribution in [2.45, 2.75) is 44.4 Å². The van der Waals surface area contributed by atoms with Gasteiger partial charge in [-0.3, -0.25) is 9.20 Å². The average Bonchev–Trinajstić information content (AvgIpc) is 3.29. The Balaban J connectivity index is 1.31. The molecule has 0 N–H and O–H groups in total. The van der Waals surface area contributed by atoms with Crippen molar-refractivity contribution >= 4 is 11.6 Å². The highest BCUT2D eigenvalue weighted by molar-refractivity contribution is 5.94. The van der Waals surface area contributed by atoms with Crippen LogP contribution in [0.5, 0.6) is 0 Å². The number of carbonyl (C=O) groups is 1. The molecule has 7 nitrogen and oxygen atoms in total. The molecule has 3 aromatic heterocycles. The van der Waals surface area contributed by atoms with Gasteiger partial charge >= 0.3 is 0 Å². The van der Waals surface area contributed by atoms with Crippen LogP contribution >= 0.6 is 0 Å². The van der Waals surface area contributed by atoms with Gasteiger partial charge in [-0.05, 0) is 44.7 Å². The number of piperidine rings is 1. The van der Waals surface area contributed by atoms with Gasteiger partial charge in [-0.2, -0.15) is 0 Å². The summed E-state index contributed by atoms with van der Waals surface area (Å²) in [4.78, 5) is 19.5. The quantitative estimate of drug-likeness (QED) is 0.725. The van der Waals surface area contributed by atoms with Crippen LogP contribution in [-0.4, -0.2) is 43.5 Å². The summed E-state index contributed by atoms with van der Waals surface area (Å²) in [5, 5.41) is 8.43. The van der Waals surface area contributed by atoms with Gasteiger partial charge in [-0.15, -0.1) is 10.2 Å². The molecule has 134 valence electrons. The molecule has 5 rings (SSSR count). The van der Waals surface area contributed by atoms with E-state index in [1.165, 1.54) is 0 Å². The summed E-state index contributed by atoms with van der Waals surface area (Å²) in [5.74, 6) is 2.31. The van der Waals surface area contributed by atoms with Crippen LogP contribution in [0.4, 0.5) is 0 Å². The zero-order chi connectivity index (χ0) is 17.7. The van der Waals surface area contributed by atoms with Crippen LogP contribution in [0, 0.1) is 6.92 Å². The second kappa shape index (κ2) is 5.93. The maximum atomic E-state index is 13.1. The fourth-order valence-corrected chi connectivity index (χ4v) is 3.76. The number of amides is 1. The molecule has 0 bridgehead atoms. The zero-order valence-corrected chi connectivity index (χ0v) is 14.8.